The molecule has 2 N–H and O–H groups in total. The summed E-state index contributed by atoms with van der Waals surface area (Å²) in [6.45, 7) is 3.85. The molecule has 0 aliphatic heterocycles. The third kappa shape index (κ3) is 4.48. The van der Waals surface area contributed by atoms with E-state index >= 15 is 0 Å². The Bertz CT molecular complexity index is 660. The Morgan fingerprint density at radius 3 is 2.67 bits per heavy atom. The van der Waals surface area contributed by atoms with Crippen molar-refractivity contribution in [1.82, 2.24) is 5.32 Å². The van der Waals surface area contributed by atoms with Gasteiger partial charge in [0, 0.05) is 15.2 Å². The number of rotatable bonds is 3. The lowest BCUT2D eigenvalue weighted by Crippen LogP contribution is -2.31. The van der Waals surface area contributed by atoms with Gasteiger partial charge < -0.3 is 10.6 Å². The fourth-order valence-corrected chi connectivity index (χ4v) is 2.49. The molecule has 0 radical (unpaired) electrons. The van der Waals surface area contributed by atoms with Crippen LogP contribution in [0.5, 0.6) is 0 Å². The second-order valence-electron chi connectivity index (χ2n) is 4.84. The topological polar surface area (TPSA) is 41.1 Å². The Kier molecular flexibility index (Phi) is 5.26. The molecular formula is C16H16BrClN2O. The van der Waals surface area contributed by atoms with Crippen LogP contribution in [0.15, 0.2) is 46.9 Å². The number of halogens is 2. The van der Waals surface area contributed by atoms with Crippen molar-refractivity contribution in [2.24, 2.45) is 0 Å². The molecule has 0 aromatic heterocycles. The van der Waals surface area contributed by atoms with E-state index in [1.165, 1.54) is 0 Å². The molecular weight excluding hydrogens is 352 g/mol. The maximum Gasteiger partial charge on any atom is 0.319 e. The molecule has 2 aromatic carbocycles. The Morgan fingerprint density at radius 2 is 2.00 bits per heavy atom. The molecule has 0 aliphatic carbocycles. The minimum absolute atomic E-state index is 0.0941. The quantitative estimate of drug-likeness (QED) is 0.760. The van der Waals surface area contributed by atoms with E-state index < -0.39 is 0 Å². The van der Waals surface area contributed by atoms with E-state index in [0.717, 1.165) is 15.6 Å². The minimum atomic E-state index is -0.262. The van der Waals surface area contributed by atoms with Crippen molar-refractivity contribution in [3.63, 3.8) is 0 Å². The molecule has 110 valence electrons. The number of nitrogens with one attached hydrogen (secondary N) is 2. The molecule has 0 aliphatic rings. The highest BCUT2D eigenvalue weighted by molar-refractivity contribution is 9.10. The standard InChI is InChI=1S/C16H16BrClN2O/c1-10-6-7-14(9-15(10)18)20-16(21)19-11(2)12-4-3-5-13(17)8-12/h3-9,11H,1-2H3,(H2,19,20,21). The summed E-state index contributed by atoms with van der Waals surface area (Å²) >= 11 is 9.46. The first-order valence-corrected chi connectivity index (χ1v) is 7.72. The number of aryl methyl sites for hydroxylation is 1. The SMILES string of the molecule is Cc1ccc(NC(=O)NC(C)c2cccc(Br)c2)cc1Cl. The van der Waals surface area contributed by atoms with Gasteiger partial charge in [-0.1, -0.05) is 45.7 Å². The maximum atomic E-state index is 12.0. The zero-order chi connectivity index (χ0) is 15.4. The van der Waals surface area contributed by atoms with E-state index in [2.05, 4.69) is 26.6 Å². The van der Waals surface area contributed by atoms with Crippen molar-refractivity contribution in [3.05, 3.63) is 63.1 Å². The summed E-state index contributed by atoms with van der Waals surface area (Å²) in [5.74, 6) is 0. The number of anilines is 1. The van der Waals surface area contributed by atoms with Gasteiger partial charge in [-0.15, -0.1) is 0 Å². The van der Waals surface area contributed by atoms with Gasteiger partial charge in [-0.05, 0) is 49.2 Å². The van der Waals surface area contributed by atoms with Gasteiger partial charge in [-0.2, -0.15) is 0 Å². The van der Waals surface area contributed by atoms with Crippen molar-refractivity contribution in [1.29, 1.82) is 0 Å². The summed E-state index contributed by atoms with van der Waals surface area (Å²) in [4.78, 5) is 12.0. The van der Waals surface area contributed by atoms with Gasteiger partial charge in [0.25, 0.3) is 0 Å². The van der Waals surface area contributed by atoms with Crippen LogP contribution in [0, 0.1) is 6.92 Å². The van der Waals surface area contributed by atoms with Gasteiger partial charge in [0.05, 0.1) is 6.04 Å². The van der Waals surface area contributed by atoms with Gasteiger partial charge in [0.1, 0.15) is 0 Å². The van der Waals surface area contributed by atoms with Crippen molar-refractivity contribution in [2.45, 2.75) is 19.9 Å². The second-order valence-corrected chi connectivity index (χ2v) is 6.16. The molecule has 1 atom stereocenters. The number of hydrogen-bond donors (Lipinski definition) is 2. The Hall–Kier alpha value is -1.52. The van der Waals surface area contributed by atoms with Crippen LogP contribution in [0.3, 0.4) is 0 Å². The Morgan fingerprint density at radius 1 is 1.24 bits per heavy atom. The van der Waals surface area contributed by atoms with Crippen LogP contribution in [0.25, 0.3) is 0 Å². The van der Waals surface area contributed by atoms with E-state index in [1.54, 1.807) is 6.07 Å². The number of amides is 2. The van der Waals surface area contributed by atoms with Gasteiger partial charge in [0.2, 0.25) is 0 Å². The third-order valence-corrected chi connectivity index (χ3v) is 4.03. The first kappa shape index (κ1) is 15.9. The summed E-state index contributed by atoms with van der Waals surface area (Å²) in [6.07, 6.45) is 0. The van der Waals surface area contributed by atoms with Crippen molar-refractivity contribution in [2.75, 3.05) is 5.32 Å². The molecule has 0 bridgehead atoms. The molecule has 2 amide bonds. The molecule has 2 aromatic rings. The molecule has 3 nitrogen and oxygen atoms in total. The number of carbonyl (C=O) groups is 1. The molecule has 21 heavy (non-hydrogen) atoms. The average molecular weight is 368 g/mol. The van der Waals surface area contributed by atoms with E-state index in [-0.39, 0.29) is 12.1 Å². The largest absolute Gasteiger partial charge is 0.331 e. The highest BCUT2D eigenvalue weighted by Gasteiger charge is 2.10. The van der Waals surface area contributed by atoms with Crippen LogP contribution in [0.4, 0.5) is 10.5 Å². The second kappa shape index (κ2) is 6.96. The summed E-state index contributed by atoms with van der Waals surface area (Å²) < 4.78 is 0.986. The molecule has 5 heteroatoms. The molecule has 0 spiro atoms. The van der Waals surface area contributed by atoms with Crippen molar-refractivity contribution < 1.29 is 4.79 Å². The molecule has 0 fully saturated rings. The van der Waals surface area contributed by atoms with Crippen LogP contribution in [0.2, 0.25) is 5.02 Å². The molecule has 0 heterocycles. The minimum Gasteiger partial charge on any atom is -0.331 e. The summed E-state index contributed by atoms with van der Waals surface area (Å²) in [6, 6.07) is 12.9. The van der Waals surface area contributed by atoms with Crippen LogP contribution in [0.1, 0.15) is 24.1 Å². The first-order chi connectivity index (χ1) is 9.95. The predicted octanol–water partition coefficient (Wildman–Crippen LogP) is 5.29. The monoisotopic (exact) mass is 366 g/mol. The predicted molar refractivity (Wildman–Crippen MR) is 90.9 cm³/mol. The Labute approximate surface area is 137 Å². The normalized spacial score (nSPS) is 11.8. The molecule has 2 rings (SSSR count). The lowest BCUT2D eigenvalue weighted by Gasteiger charge is -2.15. The highest BCUT2D eigenvalue weighted by Crippen LogP contribution is 2.21. The highest BCUT2D eigenvalue weighted by atomic mass is 79.9. The first-order valence-electron chi connectivity index (χ1n) is 6.55. The van der Waals surface area contributed by atoms with Crippen LogP contribution < -0.4 is 10.6 Å². The zero-order valence-corrected chi connectivity index (χ0v) is 14.1. The van der Waals surface area contributed by atoms with Gasteiger partial charge in [-0.25, -0.2) is 4.79 Å². The average Bonchev–Trinajstić information content (AvgIpc) is 2.43. The summed E-state index contributed by atoms with van der Waals surface area (Å²) in [5.41, 5.74) is 2.68. The lowest BCUT2D eigenvalue weighted by atomic mass is 10.1. The fraction of sp³-hybridized carbons (Fsp3) is 0.188. The van der Waals surface area contributed by atoms with Crippen LogP contribution in [-0.4, -0.2) is 6.03 Å². The van der Waals surface area contributed by atoms with Crippen LogP contribution >= 0.6 is 27.5 Å². The van der Waals surface area contributed by atoms with E-state index in [0.29, 0.717) is 10.7 Å². The van der Waals surface area contributed by atoms with E-state index in [9.17, 15) is 4.79 Å². The number of hydrogen-bond acceptors (Lipinski definition) is 1. The zero-order valence-electron chi connectivity index (χ0n) is 11.8. The van der Waals surface area contributed by atoms with Crippen molar-refractivity contribution in [3.8, 4) is 0 Å². The summed E-state index contributed by atoms with van der Waals surface area (Å²) in [7, 11) is 0. The van der Waals surface area contributed by atoms with Crippen molar-refractivity contribution >= 4 is 39.2 Å². The number of urea groups is 1. The maximum absolute atomic E-state index is 12.0. The Balaban J connectivity index is 1.99. The van der Waals surface area contributed by atoms with Gasteiger partial charge in [-0.3, -0.25) is 0 Å². The fourth-order valence-electron chi connectivity index (χ4n) is 1.89. The van der Waals surface area contributed by atoms with Gasteiger partial charge >= 0.3 is 6.03 Å². The smallest absolute Gasteiger partial charge is 0.319 e. The van der Waals surface area contributed by atoms with Gasteiger partial charge in [0.15, 0.2) is 0 Å². The third-order valence-electron chi connectivity index (χ3n) is 3.13. The van der Waals surface area contributed by atoms with Crippen LogP contribution in [-0.2, 0) is 0 Å². The summed E-state index contributed by atoms with van der Waals surface area (Å²) in [5, 5.41) is 6.30. The molecule has 0 saturated heterocycles. The van der Waals surface area contributed by atoms with E-state index in [4.69, 9.17) is 11.6 Å². The number of benzene rings is 2. The number of carbonyl (C=O) groups excluding carboxylic acids is 1. The molecule has 0 saturated carbocycles. The molecule has 1 unspecified atom stereocenters. The van der Waals surface area contributed by atoms with E-state index in [1.807, 2.05) is 50.2 Å². The lowest BCUT2D eigenvalue weighted by molar-refractivity contribution is 0.249.